The van der Waals surface area contributed by atoms with E-state index in [1.54, 1.807) is 36.8 Å². The SMILES string of the molecule is O=c1c2cnc(Nc3ccc4c(c3)CCNC4)nc2c(-c2ncc[nH]2)cn1-c1c(Cl)cccc1Cl. The Morgan fingerprint density at radius 1 is 1.06 bits per heavy atom. The molecule has 0 fully saturated rings. The lowest BCUT2D eigenvalue weighted by molar-refractivity contribution is 0.644. The molecule has 0 bridgehead atoms. The van der Waals surface area contributed by atoms with E-state index >= 15 is 0 Å². The van der Waals surface area contributed by atoms with E-state index in [0.717, 1.165) is 25.2 Å². The van der Waals surface area contributed by atoms with E-state index in [0.29, 0.717) is 44.0 Å². The second-order valence-electron chi connectivity index (χ2n) is 8.22. The maximum atomic E-state index is 13.5. The van der Waals surface area contributed by atoms with Crippen LogP contribution in [0.2, 0.25) is 10.0 Å². The average molecular weight is 504 g/mol. The van der Waals surface area contributed by atoms with Crippen LogP contribution in [-0.4, -0.2) is 31.0 Å². The van der Waals surface area contributed by atoms with Gasteiger partial charge in [0.05, 0.1) is 32.2 Å². The molecule has 0 aliphatic carbocycles. The molecule has 174 valence electrons. The quantitative estimate of drug-likeness (QED) is 0.323. The number of H-pyrrole nitrogens is 1. The number of nitrogens with one attached hydrogen (secondary N) is 3. The maximum Gasteiger partial charge on any atom is 0.266 e. The topological polar surface area (TPSA) is 101 Å². The Bertz CT molecular complexity index is 1610. The van der Waals surface area contributed by atoms with Gasteiger partial charge in [0.25, 0.3) is 5.56 Å². The van der Waals surface area contributed by atoms with Crippen LogP contribution in [0, 0.1) is 0 Å². The minimum absolute atomic E-state index is 0.317. The summed E-state index contributed by atoms with van der Waals surface area (Å²) in [6.07, 6.45) is 7.49. The number of hydrogen-bond acceptors (Lipinski definition) is 6. The Hall–Kier alpha value is -3.72. The average Bonchev–Trinajstić information content (AvgIpc) is 3.40. The van der Waals surface area contributed by atoms with Crippen molar-refractivity contribution in [1.29, 1.82) is 0 Å². The lowest BCUT2D eigenvalue weighted by Crippen LogP contribution is -2.23. The molecule has 0 saturated heterocycles. The monoisotopic (exact) mass is 503 g/mol. The van der Waals surface area contributed by atoms with Crippen LogP contribution in [0.1, 0.15) is 11.1 Å². The smallest absolute Gasteiger partial charge is 0.266 e. The molecule has 3 N–H and O–H groups in total. The predicted molar refractivity (Wildman–Crippen MR) is 138 cm³/mol. The van der Waals surface area contributed by atoms with E-state index in [9.17, 15) is 4.79 Å². The van der Waals surface area contributed by atoms with Crippen LogP contribution in [0.5, 0.6) is 0 Å². The second kappa shape index (κ2) is 8.81. The molecule has 0 unspecified atom stereocenters. The third kappa shape index (κ3) is 3.95. The minimum atomic E-state index is -0.335. The van der Waals surface area contributed by atoms with Crippen LogP contribution in [0.3, 0.4) is 0 Å². The Morgan fingerprint density at radius 2 is 1.91 bits per heavy atom. The molecule has 0 atom stereocenters. The Balaban J connectivity index is 1.50. The van der Waals surface area contributed by atoms with E-state index in [4.69, 9.17) is 28.2 Å². The van der Waals surface area contributed by atoms with Gasteiger partial charge in [0, 0.05) is 37.0 Å². The molecule has 0 radical (unpaired) electrons. The number of para-hydroxylation sites is 1. The van der Waals surface area contributed by atoms with Crippen molar-refractivity contribution < 1.29 is 0 Å². The van der Waals surface area contributed by atoms with Crippen LogP contribution in [0.4, 0.5) is 11.6 Å². The molecule has 0 saturated carbocycles. The summed E-state index contributed by atoms with van der Waals surface area (Å²) in [5.41, 5.74) is 4.61. The zero-order valence-corrected chi connectivity index (χ0v) is 19.9. The van der Waals surface area contributed by atoms with Crippen molar-refractivity contribution in [1.82, 2.24) is 29.8 Å². The van der Waals surface area contributed by atoms with Crippen LogP contribution in [0.25, 0.3) is 28.0 Å². The van der Waals surface area contributed by atoms with Gasteiger partial charge in [-0.2, -0.15) is 0 Å². The molecule has 1 aliphatic heterocycles. The van der Waals surface area contributed by atoms with Gasteiger partial charge in [-0.1, -0.05) is 35.3 Å². The largest absolute Gasteiger partial charge is 0.345 e. The number of aromatic amines is 1. The first-order chi connectivity index (χ1) is 17.1. The molecule has 1 aliphatic rings. The summed E-state index contributed by atoms with van der Waals surface area (Å²) in [7, 11) is 0. The highest BCUT2D eigenvalue weighted by atomic mass is 35.5. The number of pyridine rings is 1. The van der Waals surface area contributed by atoms with E-state index in [2.05, 4.69) is 37.7 Å². The molecule has 0 spiro atoms. The molecule has 8 nitrogen and oxygen atoms in total. The lowest BCUT2D eigenvalue weighted by Gasteiger charge is -2.18. The highest BCUT2D eigenvalue weighted by Gasteiger charge is 2.19. The van der Waals surface area contributed by atoms with Crippen LogP contribution in [-0.2, 0) is 13.0 Å². The minimum Gasteiger partial charge on any atom is -0.345 e. The third-order valence-corrected chi connectivity index (χ3v) is 6.64. The number of imidazole rings is 1. The van der Waals surface area contributed by atoms with E-state index in [1.165, 1.54) is 21.9 Å². The number of benzene rings is 2. The predicted octanol–water partition coefficient (Wildman–Crippen LogP) is 4.87. The van der Waals surface area contributed by atoms with E-state index in [1.807, 2.05) is 6.07 Å². The first kappa shape index (κ1) is 21.8. The molecule has 35 heavy (non-hydrogen) atoms. The Morgan fingerprint density at radius 3 is 2.71 bits per heavy atom. The van der Waals surface area contributed by atoms with Gasteiger partial charge >= 0.3 is 0 Å². The summed E-state index contributed by atoms with van der Waals surface area (Å²) in [5.74, 6) is 0.935. The van der Waals surface area contributed by atoms with Crippen molar-refractivity contribution in [3.05, 3.63) is 92.7 Å². The Labute approximate surface area is 210 Å². The van der Waals surface area contributed by atoms with Gasteiger partial charge in [-0.25, -0.2) is 15.0 Å². The summed E-state index contributed by atoms with van der Waals surface area (Å²) in [6, 6.07) is 11.3. The maximum absolute atomic E-state index is 13.5. The van der Waals surface area contributed by atoms with Gasteiger partial charge in [-0.3, -0.25) is 9.36 Å². The molecule has 10 heteroatoms. The molecule has 5 aromatic rings. The number of fused-ring (bicyclic) bond motifs is 2. The number of nitrogens with zero attached hydrogens (tertiary/aromatic N) is 4. The summed E-state index contributed by atoms with van der Waals surface area (Å²) in [5, 5.41) is 7.68. The highest BCUT2D eigenvalue weighted by molar-refractivity contribution is 6.37. The Kier molecular flexibility index (Phi) is 5.49. The van der Waals surface area contributed by atoms with Gasteiger partial charge in [-0.05, 0) is 48.4 Å². The van der Waals surface area contributed by atoms with Crippen molar-refractivity contribution >= 4 is 45.7 Å². The van der Waals surface area contributed by atoms with Crippen molar-refractivity contribution in [2.24, 2.45) is 0 Å². The number of halogens is 2. The summed E-state index contributed by atoms with van der Waals surface area (Å²) < 4.78 is 1.42. The van der Waals surface area contributed by atoms with Gasteiger partial charge in [-0.15, -0.1) is 0 Å². The third-order valence-electron chi connectivity index (χ3n) is 6.03. The zero-order valence-electron chi connectivity index (χ0n) is 18.3. The number of rotatable bonds is 4. The standard InChI is InChI=1S/C25H19Cl2N7O/c26-19-2-1-3-20(27)22(19)34-13-18(23-29-8-9-30-23)21-17(24(34)35)12-31-25(33-21)32-16-5-4-15-11-28-7-6-14(15)10-16/h1-5,8-10,12-13,28H,6-7,11H2,(H,29,30)(H,31,32,33). The lowest BCUT2D eigenvalue weighted by atomic mass is 10.0. The fourth-order valence-corrected chi connectivity index (χ4v) is 4.92. The van der Waals surface area contributed by atoms with Crippen LogP contribution >= 0.6 is 23.2 Å². The summed E-state index contributed by atoms with van der Waals surface area (Å²) >= 11 is 12.8. The fraction of sp³-hybridized carbons (Fsp3) is 0.120. The van der Waals surface area contributed by atoms with Gasteiger partial charge in [0.1, 0.15) is 5.82 Å². The second-order valence-corrected chi connectivity index (χ2v) is 9.03. The highest BCUT2D eigenvalue weighted by Crippen LogP contribution is 2.31. The van der Waals surface area contributed by atoms with Gasteiger partial charge in [0.15, 0.2) is 0 Å². The van der Waals surface area contributed by atoms with E-state index in [-0.39, 0.29) is 5.56 Å². The first-order valence-electron chi connectivity index (χ1n) is 11.0. The summed E-state index contributed by atoms with van der Waals surface area (Å²) in [6.45, 7) is 1.83. The molecule has 0 amide bonds. The van der Waals surface area contributed by atoms with Gasteiger partial charge in [0.2, 0.25) is 5.95 Å². The van der Waals surface area contributed by atoms with Crippen LogP contribution < -0.4 is 16.2 Å². The molecule has 4 heterocycles. The molecule has 2 aromatic carbocycles. The zero-order chi connectivity index (χ0) is 23.9. The molecule has 3 aromatic heterocycles. The van der Waals surface area contributed by atoms with Crippen molar-refractivity contribution in [2.45, 2.75) is 13.0 Å². The summed E-state index contributed by atoms with van der Waals surface area (Å²) in [4.78, 5) is 30.1. The van der Waals surface area contributed by atoms with Crippen LogP contribution in [0.15, 0.2) is 66.0 Å². The number of aromatic nitrogens is 5. The van der Waals surface area contributed by atoms with E-state index < -0.39 is 0 Å². The van der Waals surface area contributed by atoms with Crippen molar-refractivity contribution in [2.75, 3.05) is 11.9 Å². The number of hydrogen-bond donors (Lipinski definition) is 3. The fourth-order valence-electron chi connectivity index (χ4n) is 4.34. The molecular weight excluding hydrogens is 485 g/mol. The normalized spacial score (nSPS) is 13.1. The molecule has 6 rings (SSSR count). The van der Waals surface area contributed by atoms with Crippen molar-refractivity contribution in [3.63, 3.8) is 0 Å². The number of anilines is 2. The van der Waals surface area contributed by atoms with Gasteiger partial charge < -0.3 is 15.6 Å². The molecular formula is C25H19Cl2N7O. The first-order valence-corrected chi connectivity index (χ1v) is 11.8. The van der Waals surface area contributed by atoms with Crippen molar-refractivity contribution in [3.8, 4) is 17.1 Å².